The zero-order valence-corrected chi connectivity index (χ0v) is 16.2. The van der Waals surface area contributed by atoms with Gasteiger partial charge in [0.1, 0.15) is 5.65 Å². The lowest BCUT2D eigenvalue weighted by atomic mass is 10.1. The van der Waals surface area contributed by atoms with Crippen LogP contribution in [0.2, 0.25) is 0 Å². The van der Waals surface area contributed by atoms with E-state index < -0.39 is 0 Å². The Morgan fingerprint density at radius 1 is 1.36 bits per heavy atom. The molecule has 28 heavy (non-hydrogen) atoms. The van der Waals surface area contributed by atoms with E-state index in [0.29, 0.717) is 35.6 Å². The Kier molecular flexibility index (Phi) is 4.65. The number of anilines is 1. The van der Waals surface area contributed by atoms with Crippen molar-refractivity contribution in [2.24, 2.45) is 12.8 Å². The van der Waals surface area contributed by atoms with Gasteiger partial charge in [0.15, 0.2) is 0 Å². The highest BCUT2D eigenvalue weighted by Crippen LogP contribution is 2.23. The molecule has 0 unspecified atom stereocenters. The largest absolute Gasteiger partial charge is 0.341 e. The molecular formula is C21H24N6O. The van der Waals surface area contributed by atoms with Gasteiger partial charge in [-0.1, -0.05) is 18.2 Å². The molecular weight excluding hydrogens is 352 g/mol. The number of hydrogen-bond donors (Lipinski definition) is 1. The van der Waals surface area contributed by atoms with Crippen LogP contribution < -0.4 is 16.2 Å². The first-order valence-electron chi connectivity index (χ1n) is 9.54. The highest BCUT2D eigenvalue weighted by atomic mass is 16.1. The summed E-state index contributed by atoms with van der Waals surface area (Å²) in [6, 6.07) is 9.67. The van der Waals surface area contributed by atoms with E-state index >= 15 is 0 Å². The SMILES string of the molecule is Cc1cn(C)c2nc(N3CCC[C@@H](N)C3)n(Cc3ccccc3C#N)c(=O)c12. The molecule has 0 spiro atoms. The maximum atomic E-state index is 13.5. The predicted octanol–water partition coefficient (Wildman–Crippen LogP) is 1.89. The number of rotatable bonds is 3. The number of benzene rings is 1. The van der Waals surface area contributed by atoms with Crippen molar-refractivity contribution in [3.05, 3.63) is 57.5 Å². The van der Waals surface area contributed by atoms with E-state index in [1.165, 1.54) is 0 Å². The number of piperidine rings is 1. The highest BCUT2D eigenvalue weighted by molar-refractivity contribution is 5.80. The smallest absolute Gasteiger partial charge is 0.265 e. The maximum Gasteiger partial charge on any atom is 0.265 e. The molecule has 1 aromatic carbocycles. The third kappa shape index (κ3) is 3.06. The molecule has 0 bridgehead atoms. The Balaban J connectivity index is 1.93. The van der Waals surface area contributed by atoms with Gasteiger partial charge in [-0.2, -0.15) is 10.2 Å². The van der Waals surface area contributed by atoms with Crippen LogP contribution in [-0.4, -0.2) is 33.2 Å². The molecule has 0 aliphatic carbocycles. The van der Waals surface area contributed by atoms with Gasteiger partial charge in [-0.25, -0.2) is 0 Å². The zero-order chi connectivity index (χ0) is 19.8. The minimum Gasteiger partial charge on any atom is -0.341 e. The quantitative estimate of drug-likeness (QED) is 0.753. The number of nitriles is 1. The summed E-state index contributed by atoms with van der Waals surface area (Å²) in [5.74, 6) is 0.626. The molecule has 4 rings (SSSR count). The number of nitrogens with two attached hydrogens (primary N) is 1. The van der Waals surface area contributed by atoms with Gasteiger partial charge in [0.05, 0.1) is 23.6 Å². The molecule has 7 nitrogen and oxygen atoms in total. The molecule has 1 atom stereocenters. The summed E-state index contributed by atoms with van der Waals surface area (Å²) in [6.07, 6.45) is 3.87. The van der Waals surface area contributed by atoms with Crippen molar-refractivity contribution in [1.29, 1.82) is 5.26 Å². The summed E-state index contributed by atoms with van der Waals surface area (Å²) in [6.45, 7) is 3.71. The average Bonchev–Trinajstić information content (AvgIpc) is 2.97. The Hall–Kier alpha value is -3.11. The van der Waals surface area contributed by atoms with Crippen LogP contribution >= 0.6 is 0 Å². The number of fused-ring (bicyclic) bond motifs is 1. The normalized spacial score (nSPS) is 17.1. The van der Waals surface area contributed by atoms with E-state index in [-0.39, 0.29) is 11.6 Å². The van der Waals surface area contributed by atoms with Crippen LogP contribution in [0.4, 0.5) is 5.95 Å². The minimum absolute atomic E-state index is 0.0661. The molecule has 1 fully saturated rings. The van der Waals surface area contributed by atoms with E-state index in [4.69, 9.17) is 10.7 Å². The molecule has 0 amide bonds. The van der Waals surface area contributed by atoms with Crippen molar-refractivity contribution in [2.75, 3.05) is 18.0 Å². The summed E-state index contributed by atoms with van der Waals surface area (Å²) < 4.78 is 3.59. The fourth-order valence-electron chi connectivity index (χ4n) is 4.06. The summed E-state index contributed by atoms with van der Waals surface area (Å²) in [7, 11) is 1.91. The molecule has 2 aromatic heterocycles. The van der Waals surface area contributed by atoms with Gasteiger partial charge < -0.3 is 15.2 Å². The van der Waals surface area contributed by atoms with Gasteiger partial charge in [-0.3, -0.25) is 9.36 Å². The lowest BCUT2D eigenvalue weighted by Crippen LogP contribution is -2.45. The molecule has 0 saturated carbocycles. The summed E-state index contributed by atoms with van der Waals surface area (Å²) >= 11 is 0. The van der Waals surface area contributed by atoms with Gasteiger partial charge >= 0.3 is 0 Å². The molecule has 1 aliphatic heterocycles. The van der Waals surface area contributed by atoms with Gasteiger partial charge in [0, 0.05) is 32.4 Å². The van der Waals surface area contributed by atoms with Gasteiger partial charge in [0.2, 0.25) is 5.95 Å². The van der Waals surface area contributed by atoms with E-state index in [0.717, 1.165) is 30.5 Å². The highest BCUT2D eigenvalue weighted by Gasteiger charge is 2.24. The first-order chi connectivity index (χ1) is 13.5. The molecule has 2 N–H and O–H groups in total. The third-order valence-electron chi connectivity index (χ3n) is 5.45. The van der Waals surface area contributed by atoms with E-state index in [1.54, 1.807) is 10.6 Å². The van der Waals surface area contributed by atoms with E-state index in [9.17, 15) is 10.1 Å². The fraction of sp³-hybridized carbons (Fsp3) is 0.381. The van der Waals surface area contributed by atoms with Gasteiger partial charge in [-0.05, 0) is 37.0 Å². The average molecular weight is 376 g/mol. The van der Waals surface area contributed by atoms with E-state index in [2.05, 4.69) is 11.0 Å². The Bertz CT molecular complexity index is 1140. The van der Waals surface area contributed by atoms with E-state index in [1.807, 2.05) is 42.9 Å². The van der Waals surface area contributed by atoms with Crippen LogP contribution in [0.3, 0.4) is 0 Å². The van der Waals surface area contributed by atoms with Crippen molar-refractivity contribution in [1.82, 2.24) is 14.1 Å². The van der Waals surface area contributed by atoms with Crippen LogP contribution in [0, 0.1) is 18.3 Å². The van der Waals surface area contributed by atoms with Gasteiger partial charge in [0.25, 0.3) is 5.56 Å². The lowest BCUT2D eigenvalue weighted by Gasteiger charge is -2.33. The Labute approximate surface area is 163 Å². The standard InChI is InChI=1S/C21H24N6O/c1-14-11-25(2)19-18(14)20(28)27(12-16-7-4-3-6-15(16)10-22)21(24-19)26-9-5-8-17(23)13-26/h3-4,6-7,11,17H,5,8-9,12-13,23H2,1-2H3/t17-/m1/s1. The van der Waals surface area contributed by atoms with Crippen LogP contribution in [0.25, 0.3) is 11.0 Å². The fourth-order valence-corrected chi connectivity index (χ4v) is 4.06. The molecule has 1 saturated heterocycles. The second kappa shape index (κ2) is 7.13. The first-order valence-corrected chi connectivity index (χ1v) is 9.54. The molecule has 144 valence electrons. The number of aromatic nitrogens is 3. The summed E-state index contributed by atoms with van der Waals surface area (Å²) in [5.41, 5.74) is 9.08. The second-order valence-corrected chi connectivity index (χ2v) is 7.54. The van der Waals surface area contributed by atoms with Crippen LogP contribution in [0.5, 0.6) is 0 Å². The van der Waals surface area contributed by atoms with Crippen LogP contribution in [-0.2, 0) is 13.6 Å². The number of aryl methyl sites for hydroxylation is 2. The monoisotopic (exact) mass is 376 g/mol. The first kappa shape index (κ1) is 18.3. The summed E-state index contributed by atoms with van der Waals surface area (Å²) in [4.78, 5) is 20.5. The molecule has 3 aromatic rings. The number of hydrogen-bond acceptors (Lipinski definition) is 5. The molecule has 1 aliphatic rings. The molecule has 7 heteroatoms. The Morgan fingerprint density at radius 2 is 2.14 bits per heavy atom. The van der Waals surface area contributed by atoms with Crippen molar-refractivity contribution in [2.45, 2.75) is 32.4 Å². The zero-order valence-electron chi connectivity index (χ0n) is 16.2. The number of nitrogens with zero attached hydrogens (tertiary/aromatic N) is 5. The van der Waals surface area contributed by atoms with Crippen molar-refractivity contribution >= 4 is 17.0 Å². The topological polar surface area (TPSA) is 92.9 Å². The maximum absolute atomic E-state index is 13.5. The second-order valence-electron chi connectivity index (χ2n) is 7.54. The van der Waals surface area contributed by atoms with Gasteiger partial charge in [-0.15, -0.1) is 0 Å². The predicted molar refractivity (Wildman–Crippen MR) is 109 cm³/mol. The van der Waals surface area contributed by atoms with Crippen LogP contribution in [0.1, 0.15) is 29.5 Å². The van der Waals surface area contributed by atoms with Crippen molar-refractivity contribution < 1.29 is 0 Å². The molecule has 3 heterocycles. The van der Waals surface area contributed by atoms with Crippen LogP contribution in [0.15, 0.2) is 35.3 Å². The lowest BCUT2D eigenvalue weighted by molar-refractivity contribution is 0.491. The van der Waals surface area contributed by atoms with Crippen molar-refractivity contribution in [3.63, 3.8) is 0 Å². The molecule has 0 radical (unpaired) electrons. The minimum atomic E-state index is -0.0787. The summed E-state index contributed by atoms with van der Waals surface area (Å²) in [5, 5.41) is 10.1. The third-order valence-corrected chi connectivity index (χ3v) is 5.45. The Morgan fingerprint density at radius 3 is 2.89 bits per heavy atom. The van der Waals surface area contributed by atoms with Crippen molar-refractivity contribution in [3.8, 4) is 6.07 Å².